The number of hydrogen-bond donors (Lipinski definition) is 1. The minimum absolute atomic E-state index is 0.0714. The number of amides is 2. The molecule has 7 nitrogen and oxygen atoms in total. The van der Waals surface area contributed by atoms with Gasteiger partial charge < -0.3 is 5.32 Å². The van der Waals surface area contributed by atoms with Crippen molar-refractivity contribution in [2.75, 3.05) is 18.4 Å². The average Bonchev–Trinajstić information content (AvgIpc) is 2.94. The minimum Gasteiger partial charge on any atom is -0.370 e. The third-order valence-electron chi connectivity index (χ3n) is 4.31. The van der Waals surface area contributed by atoms with Crippen molar-refractivity contribution in [3.63, 3.8) is 0 Å². The Kier molecular flexibility index (Phi) is 5.02. The fourth-order valence-corrected chi connectivity index (χ4v) is 2.74. The quantitative estimate of drug-likeness (QED) is 0.640. The van der Waals surface area contributed by atoms with E-state index in [1.807, 2.05) is 26.0 Å². The minimum atomic E-state index is -0.0714. The standard InChI is InChI=1S/C18H21N5O2/c1-12-13(2)21-18(14-5-3-8-19-11-14)22-17(12)20-9-4-10-23-15(24)6-7-16(23)25/h3,5,8,11H,4,6-7,9-10H2,1-2H3,(H,20,21,22). The molecule has 0 unspecified atom stereocenters. The van der Waals surface area contributed by atoms with Gasteiger partial charge in [0.2, 0.25) is 11.8 Å². The van der Waals surface area contributed by atoms with Gasteiger partial charge in [-0.3, -0.25) is 19.5 Å². The predicted octanol–water partition coefficient (Wildman–Crippen LogP) is 2.11. The smallest absolute Gasteiger partial charge is 0.229 e. The van der Waals surface area contributed by atoms with Crippen LogP contribution in [0.4, 0.5) is 5.82 Å². The molecule has 3 heterocycles. The van der Waals surface area contributed by atoms with Gasteiger partial charge in [0.05, 0.1) is 0 Å². The van der Waals surface area contributed by atoms with Gasteiger partial charge in [0, 0.05) is 55.1 Å². The fraction of sp³-hybridized carbons (Fsp3) is 0.389. The Bertz CT molecular complexity index is 776. The zero-order valence-electron chi connectivity index (χ0n) is 14.5. The molecular formula is C18H21N5O2. The maximum atomic E-state index is 11.6. The SMILES string of the molecule is Cc1nc(-c2cccnc2)nc(NCCCN2C(=O)CCC2=O)c1C. The predicted molar refractivity (Wildman–Crippen MR) is 93.8 cm³/mol. The lowest BCUT2D eigenvalue weighted by molar-refractivity contribution is -0.138. The molecule has 2 aromatic rings. The summed E-state index contributed by atoms with van der Waals surface area (Å²) >= 11 is 0. The van der Waals surface area contributed by atoms with Crippen molar-refractivity contribution in [2.45, 2.75) is 33.1 Å². The fourth-order valence-electron chi connectivity index (χ4n) is 2.74. The summed E-state index contributed by atoms with van der Waals surface area (Å²) < 4.78 is 0. The maximum absolute atomic E-state index is 11.6. The Morgan fingerprint density at radius 2 is 1.92 bits per heavy atom. The van der Waals surface area contributed by atoms with Crippen LogP contribution >= 0.6 is 0 Å². The van der Waals surface area contributed by atoms with Crippen LogP contribution in [0.2, 0.25) is 0 Å². The molecule has 1 aliphatic heterocycles. The zero-order chi connectivity index (χ0) is 17.8. The molecule has 0 radical (unpaired) electrons. The third-order valence-corrected chi connectivity index (χ3v) is 4.31. The molecule has 0 aliphatic carbocycles. The van der Waals surface area contributed by atoms with Gasteiger partial charge in [-0.05, 0) is 32.4 Å². The van der Waals surface area contributed by atoms with E-state index in [4.69, 9.17) is 0 Å². The van der Waals surface area contributed by atoms with Gasteiger partial charge in [-0.15, -0.1) is 0 Å². The van der Waals surface area contributed by atoms with E-state index in [-0.39, 0.29) is 11.8 Å². The van der Waals surface area contributed by atoms with Gasteiger partial charge in [-0.1, -0.05) is 0 Å². The molecule has 130 valence electrons. The molecule has 3 rings (SSSR count). The van der Waals surface area contributed by atoms with Crippen LogP contribution in [0.25, 0.3) is 11.4 Å². The van der Waals surface area contributed by atoms with Crippen molar-refractivity contribution < 1.29 is 9.59 Å². The van der Waals surface area contributed by atoms with E-state index in [2.05, 4.69) is 20.3 Å². The number of pyridine rings is 1. The highest BCUT2D eigenvalue weighted by Gasteiger charge is 2.27. The molecule has 2 aromatic heterocycles. The number of carbonyl (C=O) groups is 2. The summed E-state index contributed by atoms with van der Waals surface area (Å²) in [6.45, 7) is 4.99. The molecule has 1 aliphatic rings. The average molecular weight is 339 g/mol. The van der Waals surface area contributed by atoms with E-state index < -0.39 is 0 Å². The molecule has 1 fully saturated rings. The molecule has 1 N–H and O–H groups in total. The number of likely N-dealkylation sites (tertiary alicyclic amines) is 1. The number of imide groups is 1. The normalized spacial score (nSPS) is 14.2. The van der Waals surface area contributed by atoms with Crippen molar-refractivity contribution in [1.29, 1.82) is 0 Å². The van der Waals surface area contributed by atoms with E-state index in [1.165, 1.54) is 4.90 Å². The maximum Gasteiger partial charge on any atom is 0.229 e. The first-order valence-electron chi connectivity index (χ1n) is 8.39. The summed E-state index contributed by atoms with van der Waals surface area (Å²) in [5.74, 6) is 1.25. The molecule has 1 saturated heterocycles. The molecule has 0 aromatic carbocycles. The molecule has 0 atom stereocenters. The molecule has 7 heteroatoms. The van der Waals surface area contributed by atoms with Crippen LogP contribution in [0, 0.1) is 13.8 Å². The van der Waals surface area contributed by atoms with Crippen molar-refractivity contribution in [3.05, 3.63) is 35.8 Å². The first-order valence-corrected chi connectivity index (χ1v) is 8.39. The van der Waals surface area contributed by atoms with Gasteiger partial charge in [0.25, 0.3) is 0 Å². The van der Waals surface area contributed by atoms with E-state index in [0.29, 0.717) is 38.2 Å². The topological polar surface area (TPSA) is 88.1 Å². The number of carbonyl (C=O) groups excluding carboxylic acids is 2. The van der Waals surface area contributed by atoms with Crippen molar-refractivity contribution in [2.24, 2.45) is 0 Å². The van der Waals surface area contributed by atoms with Crippen LogP contribution in [0.5, 0.6) is 0 Å². The van der Waals surface area contributed by atoms with Crippen molar-refractivity contribution in [3.8, 4) is 11.4 Å². The monoisotopic (exact) mass is 339 g/mol. The summed E-state index contributed by atoms with van der Waals surface area (Å²) in [7, 11) is 0. The summed E-state index contributed by atoms with van der Waals surface area (Å²) in [5.41, 5.74) is 2.75. The van der Waals surface area contributed by atoms with Crippen LogP contribution in [-0.2, 0) is 9.59 Å². The lowest BCUT2D eigenvalue weighted by Gasteiger charge is -2.15. The summed E-state index contributed by atoms with van der Waals surface area (Å²) in [6, 6.07) is 3.77. The van der Waals surface area contributed by atoms with Gasteiger partial charge in [0.1, 0.15) is 5.82 Å². The third kappa shape index (κ3) is 3.81. The Morgan fingerprint density at radius 3 is 2.60 bits per heavy atom. The number of rotatable bonds is 6. The molecule has 25 heavy (non-hydrogen) atoms. The molecule has 0 bridgehead atoms. The van der Waals surface area contributed by atoms with Crippen molar-refractivity contribution >= 4 is 17.6 Å². The Morgan fingerprint density at radius 1 is 1.16 bits per heavy atom. The van der Waals surface area contributed by atoms with E-state index in [9.17, 15) is 9.59 Å². The summed E-state index contributed by atoms with van der Waals surface area (Å²) in [5, 5.41) is 3.30. The van der Waals surface area contributed by atoms with Crippen LogP contribution in [0.3, 0.4) is 0 Å². The molecule has 0 saturated carbocycles. The second-order valence-electron chi connectivity index (χ2n) is 6.07. The summed E-state index contributed by atoms with van der Waals surface area (Å²) in [6.07, 6.45) is 4.81. The number of nitrogens with one attached hydrogen (secondary N) is 1. The Hall–Kier alpha value is -2.83. The highest BCUT2D eigenvalue weighted by atomic mass is 16.2. The second-order valence-corrected chi connectivity index (χ2v) is 6.07. The lowest BCUT2D eigenvalue weighted by atomic mass is 10.2. The number of nitrogens with zero attached hydrogens (tertiary/aromatic N) is 4. The molecule has 0 spiro atoms. The Labute approximate surface area is 146 Å². The second kappa shape index (κ2) is 7.38. The van der Waals surface area contributed by atoms with Gasteiger partial charge in [-0.25, -0.2) is 9.97 Å². The largest absolute Gasteiger partial charge is 0.370 e. The number of aryl methyl sites for hydroxylation is 1. The van der Waals surface area contributed by atoms with Gasteiger partial charge in [0.15, 0.2) is 5.82 Å². The highest BCUT2D eigenvalue weighted by molar-refractivity contribution is 6.01. The van der Waals surface area contributed by atoms with Crippen LogP contribution < -0.4 is 5.32 Å². The first-order chi connectivity index (χ1) is 12.1. The van der Waals surface area contributed by atoms with E-state index >= 15 is 0 Å². The number of hydrogen-bond acceptors (Lipinski definition) is 6. The van der Waals surface area contributed by atoms with E-state index in [1.54, 1.807) is 12.4 Å². The number of aromatic nitrogens is 3. The molecule has 2 amide bonds. The van der Waals surface area contributed by atoms with Crippen LogP contribution in [0.1, 0.15) is 30.5 Å². The Balaban J connectivity index is 1.65. The van der Waals surface area contributed by atoms with Crippen molar-refractivity contribution in [1.82, 2.24) is 19.9 Å². The molecular weight excluding hydrogens is 318 g/mol. The zero-order valence-corrected chi connectivity index (χ0v) is 14.5. The van der Waals surface area contributed by atoms with Crippen LogP contribution in [0.15, 0.2) is 24.5 Å². The lowest BCUT2D eigenvalue weighted by Crippen LogP contribution is -2.31. The van der Waals surface area contributed by atoms with Crippen LogP contribution in [-0.4, -0.2) is 44.8 Å². The van der Waals surface area contributed by atoms with Gasteiger partial charge in [-0.2, -0.15) is 0 Å². The first kappa shape index (κ1) is 17.0. The summed E-state index contributed by atoms with van der Waals surface area (Å²) in [4.78, 5) is 37.8. The van der Waals surface area contributed by atoms with E-state index in [0.717, 1.165) is 22.6 Å². The number of anilines is 1. The highest BCUT2D eigenvalue weighted by Crippen LogP contribution is 2.21. The van der Waals surface area contributed by atoms with Gasteiger partial charge >= 0.3 is 0 Å².